The highest BCUT2D eigenvalue weighted by Crippen LogP contribution is 2.30. The van der Waals surface area contributed by atoms with E-state index >= 15 is 0 Å². The third-order valence-corrected chi connectivity index (χ3v) is 5.00. The zero-order valence-corrected chi connectivity index (χ0v) is 13.9. The number of ether oxygens (including phenoxy) is 1. The minimum absolute atomic E-state index is 0.822. The molecule has 0 atom stereocenters. The fourth-order valence-corrected chi connectivity index (χ4v) is 3.76. The van der Waals surface area contributed by atoms with Crippen LogP contribution < -0.4 is 10.1 Å². The van der Waals surface area contributed by atoms with Crippen LogP contribution in [0.2, 0.25) is 0 Å². The fourth-order valence-electron chi connectivity index (χ4n) is 2.30. The van der Waals surface area contributed by atoms with Crippen molar-refractivity contribution in [3.05, 3.63) is 53.4 Å². The molecule has 0 aliphatic heterocycles. The number of nitrogens with one attached hydrogen (secondary N) is 1. The molecule has 4 aromatic rings. The van der Waals surface area contributed by atoms with Crippen molar-refractivity contribution in [1.29, 1.82) is 0 Å². The van der Waals surface area contributed by atoms with Crippen LogP contribution in [0.4, 0.5) is 10.8 Å². The van der Waals surface area contributed by atoms with Crippen molar-refractivity contribution >= 4 is 43.7 Å². The lowest BCUT2D eigenvalue weighted by molar-refractivity contribution is 0.415. The van der Waals surface area contributed by atoms with Gasteiger partial charge in [0.2, 0.25) is 0 Å². The van der Waals surface area contributed by atoms with Crippen molar-refractivity contribution in [3.63, 3.8) is 0 Å². The van der Waals surface area contributed by atoms with E-state index in [2.05, 4.69) is 32.8 Å². The summed E-state index contributed by atoms with van der Waals surface area (Å²) >= 11 is 3.23. The van der Waals surface area contributed by atoms with E-state index in [0.29, 0.717) is 0 Å². The Morgan fingerprint density at radius 1 is 1.09 bits per heavy atom. The number of nitrogens with zero attached hydrogens (tertiary/aromatic N) is 2. The van der Waals surface area contributed by atoms with E-state index in [1.165, 1.54) is 4.70 Å². The summed E-state index contributed by atoms with van der Waals surface area (Å²) in [5, 5.41) is 6.24. The number of benzene rings is 2. The molecule has 0 aliphatic carbocycles. The maximum absolute atomic E-state index is 5.24. The van der Waals surface area contributed by atoms with Gasteiger partial charge in [-0.25, -0.2) is 9.97 Å². The SMILES string of the molecule is COc1cccc(Nc2nc(-c3ccc4ncsc4c3)cs2)c1. The fraction of sp³-hybridized carbons (Fsp3) is 0.0588. The molecule has 23 heavy (non-hydrogen) atoms. The van der Waals surface area contributed by atoms with Gasteiger partial charge in [0.1, 0.15) is 5.75 Å². The lowest BCUT2D eigenvalue weighted by Crippen LogP contribution is -1.90. The molecule has 4 rings (SSSR count). The number of thiazole rings is 2. The van der Waals surface area contributed by atoms with Gasteiger partial charge in [-0.3, -0.25) is 0 Å². The number of hydrogen-bond donors (Lipinski definition) is 1. The van der Waals surface area contributed by atoms with E-state index < -0.39 is 0 Å². The van der Waals surface area contributed by atoms with Crippen LogP contribution >= 0.6 is 22.7 Å². The summed E-state index contributed by atoms with van der Waals surface area (Å²) in [4.78, 5) is 8.98. The molecule has 0 bridgehead atoms. The standard InChI is InChI=1S/C17H13N3OS2/c1-21-13-4-2-3-12(8-13)19-17-20-15(9-22-17)11-5-6-14-16(7-11)23-10-18-14/h2-10H,1H3,(H,19,20). The number of fused-ring (bicyclic) bond motifs is 1. The molecule has 0 radical (unpaired) electrons. The van der Waals surface area contributed by atoms with Crippen molar-refractivity contribution in [3.8, 4) is 17.0 Å². The normalized spacial score (nSPS) is 10.8. The summed E-state index contributed by atoms with van der Waals surface area (Å²) in [7, 11) is 1.66. The number of hydrogen-bond acceptors (Lipinski definition) is 6. The minimum atomic E-state index is 0.822. The van der Waals surface area contributed by atoms with E-state index in [9.17, 15) is 0 Å². The van der Waals surface area contributed by atoms with Crippen LogP contribution in [-0.2, 0) is 0 Å². The second-order valence-electron chi connectivity index (χ2n) is 4.93. The summed E-state index contributed by atoms with van der Waals surface area (Å²) in [6, 6.07) is 14.0. The highest BCUT2D eigenvalue weighted by atomic mass is 32.1. The Hall–Kier alpha value is -2.44. The molecule has 6 heteroatoms. The summed E-state index contributed by atoms with van der Waals surface area (Å²) in [5.74, 6) is 0.822. The first kappa shape index (κ1) is 14.2. The van der Waals surface area contributed by atoms with Gasteiger partial charge in [0.15, 0.2) is 5.13 Å². The highest BCUT2D eigenvalue weighted by Gasteiger charge is 2.07. The minimum Gasteiger partial charge on any atom is -0.497 e. The van der Waals surface area contributed by atoms with E-state index in [0.717, 1.165) is 33.3 Å². The molecule has 4 nitrogen and oxygen atoms in total. The average molecular weight is 339 g/mol. The summed E-state index contributed by atoms with van der Waals surface area (Å²) < 4.78 is 6.42. The van der Waals surface area contributed by atoms with Crippen LogP contribution in [0.3, 0.4) is 0 Å². The van der Waals surface area contributed by atoms with E-state index in [1.807, 2.05) is 35.8 Å². The molecule has 0 saturated heterocycles. The van der Waals surface area contributed by atoms with Crippen LogP contribution in [-0.4, -0.2) is 17.1 Å². The van der Waals surface area contributed by atoms with E-state index in [-0.39, 0.29) is 0 Å². The van der Waals surface area contributed by atoms with Gasteiger partial charge in [-0.15, -0.1) is 22.7 Å². The van der Waals surface area contributed by atoms with Gasteiger partial charge < -0.3 is 10.1 Å². The second kappa shape index (κ2) is 5.98. The zero-order chi connectivity index (χ0) is 15.6. The first-order valence-electron chi connectivity index (χ1n) is 7.02. The highest BCUT2D eigenvalue weighted by molar-refractivity contribution is 7.16. The lowest BCUT2D eigenvalue weighted by atomic mass is 10.2. The number of methoxy groups -OCH3 is 1. The molecule has 2 heterocycles. The molecule has 2 aromatic carbocycles. The Morgan fingerprint density at radius 3 is 2.96 bits per heavy atom. The maximum atomic E-state index is 5.24. The third-order valence-electron chi connectivity index (χ3n) is 3.45. The molecular weight excluding hydrogens is 326 g/mol. The van der Waals surface area contributed by atoms with Crippen molar-refractivity contribution in [1.82, 2.24) is 9.97 Å². The molecule has 0 unspecified atom stereocenters. The van der Waals surface area contributed by atoms with Crippen molar-refractivity contribution in [2.75, 3.05) is 12.4 Å². The summed E-state index contributed by atoms with van der Waals surface area (Å²) in [5.41, 5.74) is 5.94. The molecule has 0 aliphatic rings. The second-order valence-corrected chi connectivity index (χ2v) is 6.67. The van der Waals surface area contributed by atoms with Crippen molar-refractivity contribution in [2.24, 2.45) is 0 Å². The van der Waals surface area contributed by atoms with Gasteiger partial charge in [0, 0.05) is 22.7 Å². The predicted molar refractivity (Wildman–Crippen MR) is 97.0 cm³/mol. The molecule has 0 spiro atoms. The summed E-state index contributed by atoms with van der Waals surface area (Å²) in [6.45, 7) is 0. The number of anilines is 2. The van der Waals surface area contributed by atoms with Gasteiger partial charge >= 0.3 is 0 Å². The smallest absolute Gasteiger partial charge is 0.187 e. The van der Waals surface area contributed by atoms with Crippen molar-refractivity contribution < 1.29 is 4.74 Å². The Labute approximate surface area is 141 Å². The molecule has 0 saturated carbocycles. The predicted octanol–water partition coefficient (Wildman–Crippen LogP) is 5.17. The Morgan fingerprint density at radius 2 is 2.04 bits per heavy atom. The van der Waals surface area contributed by atoms with Crippen LogP contribution in [0.25, 0.3) is 21.5 Å². The quantitative estimate of drug-likeness (QED) is 0.557. The summed E-state index contributed by atoms with van der Waals surface area (Å²) in [6.07, 6.45) is 0. The van der Waals surface area contributed by atoms with Gasteiger partial charge in [-0.1, -0.05) is 12.1 Å². The molecule has 114 valence electrons. The topological polar surface area (TPSA) is 47.0 Å². The Bertz CT molecular complexity index is 961. The van der Waals surface area contributed by atoms with Crippen LogP contribution in [0.1, 0.15) is 0 Å². The average Bonchev–Trinajstić information content (AvgIpc) is 3.23. The molecule has 0 amide bonds. The molecule has 0 fully saturated rings. The Balaban J connectivity index is 1.60. The van der Waals surface area contributed by atoms with Crippen molar-refractivity contribution in [2.45, 2.75) is 0 Å². The maximum Gasteiger partial charge on any atom is 0.187 e. The van der Waals surface area contributed by atoms with Gasteiger partial charge in [0.25, 0.3) is 0 Å². The van der Waals surface area contributed by atoms with Crippen LogP contribution in [0.5, 0.6) is 5.75 Å². The number of rotatable bonds is 4. The van der Waals surface area contributed by atoms with Gasteiger partial charge in [-0.05, 0) is 24.3 Å². The van der Waals surface area contributed by atoms with E-state index in [4.69, 9.17) is 4.74 Å². The number of aromatic nitrogens is 2. The zero-order valence-electron chi connectivity index (χ0n) is 12.3. The molecule has 2 aromatic heterocycles. The van der Waals surface area contributed by atoms with Gasteiger partial charge in [0.05, 0.1) is 28.5 Å². The third kappa shape index (κ3) is 2.91. The lowest BCUT2D eigenvalue weighted by Gasteiger charge is -2.04. The largest absolute Gasteiger partial charge is 0.497 e. The Kier molecular flexibility index (Phi) is 3.69. The first-order chi connectivity index (χ1) is 11.3. The first-order valence-corrected chi connectivity index (χ1v) is 8.78. The molecule has 1 N–H and O–H groups in total. The van der Waals surface area contributed by atoms with Crippen LogP contribution in [0.15, 0.2) is 53.4 Å². The monoisotopic (exact) mass is 339 g/mol. The van der Waals surface area contributed by atoms with Gasteiger partial charge in [-0.2, -0.15) is 0 Å². The van der Waals surface area contributed by atoms with Crippen LogP contribution in [0, 0.1) is 0 Å². The van der Waals surface area contributed by atoms with E-state index in [1.54, 1.807) is 29.8 Å². The molecular formula is C17H13N3OS2.